The van der Waals surface area contributed by atoms with E-state index in [-0.39, 0.29) is 5.82 Å². The number of halogens is 3. The summed E-state index contributed by atoms with van der Waals surface area (Å²) in [6.45, 7) is 1.75. The van der Waals surface area contributed by atoms with E-state index >= 15 is 0 Å². The molecule has 2 aromatic carbocycles. The third-order valence-electron chi connectivity index (χ3n) is 3.08. The quantitative estimate of drug-likeness (QED) is 0.835. The molecule has 1 atom stereocenters. The van der Waals surface area contributed by atoms with Crippen molar-refractivity contribution in [1.29, 1.82) is 0 Å². The summed E-state index contributed by atoms with van der Waals surface area (Å²) in [6.07, 6.45) is 0.848. The molecule has 0 aliphatic heterocycles. The number of hydrogen-bond acceptors (Lipinski definition) is 1. The van der Waals surface area contributed by atoms with Gasteiger partial charge in [0.25, 0.3) is 0 Å². The molecule has 0 radical (unpaired) electrons. The lowest BCUT2D eigenvalue weighted by Crippen LogP contribution is -2.30. The molecular weight excluding hydrogens is 343 g/mol. The number of hydrogen-bond donors (Lipinski definition) is 1. The van der Waals surface area contributed by atoms with E-state index in [1.807, 2.05) is 12.1 Å². The molecule has 2 aromatic rings. The topological polar surface area (TPSA) is 20.2 Å². The Morgan fingerprint density at radius 3 is 2.45 bits per heavy atom. The fraction of sp³-hybridized carbons (Fsp3) is 0.250. The SMILES string of the molecule is CC(O)(Cc1ccc(Cl)cc1)Cc1cc(F)ccc1Br. The monoisotopic (exact) mass is 356 g/mol. The minimum absolute atomic E-state index is 0.300. The van der Waals surface area contributed by atoms with Crippen molar-refractivity contribution in [3.8, 4) is 0 Å². The van der Waals surface area contributed by atoms with Gasteiger partial charge in [0.05, 0.1) is 5.60 Å². The van der Waals surface area contributed by atoms with E-state index in [1.165, 1.54) is 12.1 Å². The summed E-state index contributed by atoms with van der Waals surface area (Å²) < 4.78 is 14.1. The summed E-state index contributed by atoms with van der Waals surface area (Å²) in [4.78, 5) is 0. The van der Waals surface area contributed by atoms with Crippen molar-refractivity contribution >= 4 is 27.5 Å². The van der Waals surface area contributed by atoms with Crippen LogP contribution in [-0.2, 0) is 12.8 Å². The Kier molecular flexibility index (Phi) is 4.84. The second kappa shape index (κ2) is 6.25. The van der Waals surface area contributed by atoms with Gasteiger partial charge in [-0.15, -0.1) is 0 Å². The first-order chi connectivity index (χ1) is 9.35. The second-order valence-corrected chi connectivity index (χ2v) is 6.50. The van der Waals surface area contributed by atoms with E-state index < -0.39 is 5.60 Å². The second-order valence-electron chi connectivity index (χ2n) is 5.21. The average molecular weight is 358 g/mol. The van der Waals surface area contributed by atoms with Gasteiger partial charge < -0.3 is 5.11 Å². The minimum atomic E-state index is -0.954. The highest BCUT2D eigenvalue weighted by molar-refractivity contribution is 9.10. The number of aliphatic hydroxyl groups is 1. The molecular formula is C16H15BrClFO. The minimum Gasteiger partial charge on any atom is -0.389 e. The lowest BCUT2D eigenvalue weighted by atomic mass is 9.90. The maximum Gasteiger partial charge on any atom is 0.123 e. The van der Waals surface area contributed by atoms with Gasteiger partial charge in [0.1, 0.15) is 5.82 Å². The number of rotatable bonds is 4. The van der Waals surface area contributed by atoms with Gasteiger partial charge in [-0.05, 0) is 48.4 Å². The van der Waals surface area contributed by atoms with E-state index in [2.05, 4.69) is 15.9 Å². The van der Waals surface area contributed by atoms with Crippen LogP contribution >= 0.6 is 27.5 Å². The highest BCUT2D eigenvalue weighted by Crippen LogP contribution is 2.25. The van der Waals surface area contributed by atoms with E-state index in [0.717, 1.165) is 15.6 Å². The van der Waals surface area contributed by atoms with Crippen LogP contribution in [0.1, 0.15) is 18.1 Å². The van der Waals surface area contributed by atoms with Crippen LogP contribution in [0.5, 0.6) is 0 Å². The highest BCUT2D eigenvalue weighted by Gasteiger charge is 2.23. The van der Waals surface area contributed by atoms with E-state index in [9.17, 15) is 9.50 Å². The van der Waals surface area contributed by atoms with Gasteiger partial charge in [-0.25, -0.2) is 4.39 Å². The fourth-order valence-corrected chi connectivity index (χ4v) is 2.71. The Labute approximate surface area is 131 Å². The highest BCUT2D eigenvalue weighted by atomic mass is 79.9. The maximum absolute atomic E-state index is 13.3. The number of benzene rings is 2. The van der Waals surface area contributed by atoms with Crippen molar-refractivity contribution in [2.75, 3.05) is 0 Å². The molecule has 0 bridgehead atoms. The molecule has 106 valence electrons. The lowest BCUT2D eigenvalue weighted by Gasteiger charge is -2.24. The molecule has 0 heterocycles. The van der Waals surface area contributed by atoms with E-state index in [4.69, 9.17) is 11.6 Å². The molecule has 0 saturated heterocycles. The first kappa shape index (κ1) is 15.5. The van der Waals surface area contributed by atoms with Gasteiger partial charge >= 0.3 is 0 Å². The third kappa shape index (κ3) is 4.30. The standard InChI is InChI=1S/C16H15BrClFO/c1-16(20,9-11-2-4-13(18)5-3-11)10-12-8-14(19)6-7-15(12)17/h2-8,20H,9-10H2,1H3. The average Bonchev–Trinajstić information content (AvgIpc) is 2.36. The summed E-state index contributed by atoms with van der Waals surface area (Å²) >= 11 is 9.22. The predicted octanol–water partition coefficient (Wildman–Crippen LogP) is 4.78. The van der Waals surface area contributed by atoms with Gasteiger partial charge in [0, 0.05) is 22.3 Å². The largest absolute Gasteiger partial charge is 0.389 e. The van der Waals surface area contributed by atoms with Crippen LogP contribution in [0.3, 0.4) is 0 Å². The molecule has 1 unspecified atom stereocenters. The van der Waals surface area contributed by atoms with Gasteiger partial charge in [0.15, 0.2) is 0 Å². The van der Waals surface area contributed by atoms with Crippen LogP contribution in [0.2, 0.25) is 5.02 Å². The molecule has 0 aliphatic rings. The Balaban J connectivity index is 2.14. The zero-order chi connectivity index (χ0) is 14.8. The zero-order valence-electron chi connectivity index (χ0n) is 11.0. The molecule has 0 saturated carbocycles. The molecule has 1 N–H and O–H groups in total. The first-order valence-electron chi connectivity index (χ1n) is 6.26. The summed E-state index contributed by atoms with van der Waals surface area (Å²) in [6, 6.07) is 11.9. The van der Waals surface area contributed by atoms with Crippen LogP contribution in [0.15, 0.2) is 46.9 Å². The van der Waals surface area contributed by atoms with Gasteiger partial charge in [-0.1, -0.05) is 39.7 Å². The molecule has 20 heavy (non-hydrogen) atoms. The van der Waals surface area contributed by atoms with E-state index in [1.54, 1.807) is 25.1 Å². The van der Waals surface area contributed by atoms with Crippen molar-refractivity contribution < 1.29 is 9.50 Å². The van der Waals surface area contributed by atoms with Crippen molar-refractivity contribution in [2.45, 2.75) is 25.4 Å². The molecule has 4 heteroatoms. The first-order valence-corrected chi connectivity index (χ1v) is 7.44. The van der Waals surface area contributed by atoms with Crippen LogP contribution in [-0.4, -0.2) is 10.7 Å². The normalized spacial score (nSPS) is 14.1. The molecule has 1 nitrogen and oxygen atoms in total. The Hall–Kier alpha value is -0.900. The van der Waals surface area contributed by atoms with Crippen LogP contribution in [0, 0.1) is 5.82 Å². The maximum atomic E-state index is 13.3. The molecule has 0 amide bonds. The molecule has 0 spiro atoms. The zero-order valence-corrected chi connectivity index (χ0v) is 13.4. The third-order valence-corrected chi connectivity index (χ3v) is 4.10. The van der Waals surface area contributed by atoms with E-state index in [0.29, 0.717) is 17.9 Å². The molecule has 2 rings (SSSR count). The Morgan fingerprint density at radius 2 is 1.80 bits per heavy atom. The molecule has 0 aliphatic carbocycles. The van der Waals surface area contributed by atoms with Gasteiger partial charge in [-0.3, -0.25) is 0 Å². The molecule has 0 fully saturated rings. The van der Waals surface area contributed by atoms with Crippen molar-refractivity contribution in [3.63, 3.8) is 0 Å². The van der Waals surface area contributed by atoms with Crippen molar-refractivity contribution in [2.24, 2.45) is 0 Å². The lowest BCUT2D eigenvalue weighted by molar-refractivity contribution is 0.0606. The summed E-state index contributed by atoms with van der Waals surface area (Å²) in [5, 5.41) is 11.2. The van der Waals surface area contributed by atoms with Crippen LogP contribution in [0.25, 0.3) is 0 Å². The van der Waals surface area contributed by atoms with Crippen LogP contribution < -0.4 is 0 Å². The van der Waals surface area contributed by atoms with Crippen molar-refractivity contribution in [1.82, 2.24) is 0 Å². The summed E-state index contributed by atoms with van der Waals surface area (Å²) in [7, 11) is 0. The van der Waals surface area contributed by atoms with Crippen LogP contribution in [0.4, 0.5) is 4.39 Å². The smallest absolute Gasteiger partial charge is 0.123 e. The predicted molar refractivity (Wildman–Crippen MR) is 83.6 cm³/mol. The van der Waals surface area contributed by atoms with Gasteiger partial charge in [0.2, 0.25) is 0 Å². The van der Waals surface area contributed by atoms with Gasteiger partial charge in [-0.2, -0.15) is 0 Å². The fourth-order valence-electron chi connectivity index (χ4n) is 2.19. The van der Waals surface area contributed by atoms with Crippen molar-refractivity contribution in [3.05, 3.63) is 68.9 Å². The Morgan fingerprint density at radius 1 is 1.15 bits per heavy atom. The Bertz CT molecular complexity index is 596. The molecule has 0 aromatic heterocycles. The summed E-state index contributed by atoms with van der Waals surface area (Å²) in [5.74, 6) is -0.300. The summed E-state index contributed by atoms with van der Waals surface area (Å²) in [5.41, 5.74) is 0.792.